The number of aryl methyl sites for hydroxylation is 1. The number of nitrogens with zero attached hydrogens (tertiary/aromatic N) is 2. The molecule has 1 aliphatic carbocycles. The van der Waals surface area contributed by atoms with Crippen molar-refractivity contribution in [2.75, 3.05) is 5.32 Å². The van der Waals surface area contributed by atoms with Crippen LogP contribution < -0.4 is 5.32 Å². The average molecular weight is 516 g/mol. The molecule has 0 bridgehead atoms. The van der Waals surface area contributed by atoms with Gasteiger partial charge in [0, 0.05) is 20.3 Å². The van der Waals surface area contributed by atoms with Gasteiger partial charge in [0.15, 0.2) is 0 Å². The zero-order valence-electron chi connectivity index (χ0n) is 18.0. The number of halogens is 1. The minimum absolute atomic E-state index is 0.212. The third kappa shape index (κ3) is 4.44. The Kier molecular flexibility index (Phi) is 6.26. The van der Waals surface area contributed by atoms with E-state index >= 15 is 0 Å². The number of pyridine rings is 1. The Morgan fingerprint density at radius 2 is 1.85 bits per heavy atom. The summed E-state index contributed by atoms with van der Waals surface area (Å²) in [5.74, 6) is -0.212. The number of carbonyl (C=O) groups is 1. The first kappa shape index (κ1) is 21.8. The van der Waals surface area contributed by atoms with Crippen LogP contribution >= 0.6 is 27.3 Å². The predicted octanol–water partition coefficient (Wildman–Crippen LogP) is 7.51. The topological polar surface area (TPSA) is 65.8 Å². The second-order valence-electron chi connectivity index (χ2n) is 8.27. The number of anilines is 1. The molecule has 164 valence electrons. The number of hydrogen-bond acceptors (Lipinski definition) is 4. The van der Waals surface area contributed by atoms with E-state index in [1.54, 1.807) is 11.3 Å². The van der Waals surface area contributed by atoms with Gasteiger partial charge in [-0.2, -0.15) is 5.26 Å². The highest BCUT2D eigenvalue weighted by Gasteiger charge is 2.22. The summed E-state index contributed by atoms with van der Waals surface area (Å²) < 4.78 is 0.954. The number of hydrogen-bond donors (Lipinski definition) is 1. The Hall–Kier alpha value is -3.01. The van der Waals surface area contributed by atoms with Crippen LogP contribution in [-0.4, -0.2) is 10.9 Å². The fraction of sp³-hybridized carbons (Fsp3) is 0.222. The first-order chi connectivity index (χ1) is 16.1. The van der Waals surface area contributed by atoms with Crippen LogP contribution in [0.1, 0.15) is 52.0 Å². The summed E-state index contributed by atoms with van der Waals surface area (Å²) in [5.41, 5.74) is 4.75. The number of fused-ring (bicyclic) bond motifs is 2. The van der Waals surface area contributed by atoms with Crippen molar-refractivity contribution in [2.24, 2.45) is 0 Å². The number of nitrogens with one attached hydrogen (secondary N) is 1. The van der Waals surface area contributed by atoms with Gasteiger partial charge in [0.2, 0.25) is 0 Å². The number of carbonyl (C=O) groups excluding carboxylic acids is 1. The normalized spacial score (nSPS) is 13.6. The Bertz CT molecular complexity index is 1400. The minimum Gasteiger partial charge on any atom is -0.312 e. The number of benzene rings is 2. The smallest absolute Gasteiger partial charge is 0.257 e. The van der Waals surface area contributed by atoms with E-state index in [0.29, 0.717) is 16.1 Å². The highest BCUT2D eigenvalue weighted by molar-refractivity contribution is 9.10. The molecule has 2 heterocycles. The van der Waals surface area contributed by atoms with Crippen molar-refractivity contribution in [3.63, 3.8) is 0 Å². The van der Waals surface area contributed by atoms with Crippen molar-refractivity contribution in [2.45, 2.75) is 38.5 Å². The van der Waals surface area contributed by atoms with E-state index in [1.807, 2.05) is 54.6 Å². The van der Waals surface area contributed by atoms with E-state index in [-0.39, 0.29) is 5.91 Å². The maximum Gasteiger partial charge on any atom is 0.257 e. The third-order valence-electron chi connectivity index (χ3n) is 6.09. The molecule has 0 saturated heterocycles. The number of thiophene rings is 1. The van der Waals surface area contributed by atoms with E-state index in [2.05, 4.69) is 27.3 Å². The van der Waals surface area contributed by atoms with E-state index in [9.17, 15) is 10.1 Å². The lowest BCUT2D eigenvalue weighted by atomic mass is 9.97. The molecule has 33 heavy (non-hydrogen) atoms. The average Bonchev–Trinajstić information content (AvgIpc) is 3.13. The monoisotopic (exact) mass is 515 g/mol. The summed E-state index contributed by atoms with van der Waals surface area (Å²) in [6, 6.07) is 19.8. The van der Waals surface area contributed by atoms with Crippen molar-refractivity contribution in [1.29, 1.82) is 5.26 Å². The third-order valence-corrected chi connectivity index (χ3v) is 7.79. The molecule has 1 amide bonds. The lowest BCUT2D eigenvalue weighted by molar-refractivity contribution is 0.102. The number of amides is 1. The maximum atomic E-state index is 13.5. The highest BCUT2D eigenvalue weighted by atomic mass is 79.9. The zero-order chi connectivity index (χ0) is 22.8. The van der Waals surface area contributed by atoms with Crippen LogP contribution in [0.25, 0.3) is 22.2 Å². The molecule has 0 atom stereocenters. The lowest BCUT2D eigenvalue weighted by Crippen LogP contribution is -2.13. The summed E-state index contributed by atoms with van der Waals surface area (Å²) in [4.78, 5) is 19.6. The number of rotatable bonds is 3. The van der Waals surface area contributed by atoms with Gasteiger partial charge in [0.1, 0.15) is 11.1 Å². The molecule has 2 aromatic heterocycles. The molecule has 4 nitrogen and oxygen atoms in total. The largest absolute Gasteiger partial charge is 0.312 e. The van der Waals surface area contributed by atoms with Gasteiger partial charge in [-0.25, -0.2) is 4.98 Å². The Morgan fingerprint density at radius 3 is 2.67 bits per heavy atom. The van der Waals surface area contributed by atoms with Gasteiger partial charge in [-0.3, -0.25) is 4.79 Å². The van der Waals surface area contributed by atoms with E-state index in [4.69, 9.17) is 4.98 Å². The predicted molar refractivity (Wildman–Crippen MR) is 138 cm³/mol. The van der Waals surface area contributed by atoms with Crippen molar-refractivity contribution >= 4 is 49.1 Å². The van der Waals surface area contributed by atoms with Gasteiger partial charge in [0.05, 0.1) is 22.3 Å². The molecular weight excluding hydrogens is 494 g/mol. The molecule has 0 spiro atoms. The van der Waals surface area contributed by atoms with Crippen LogP contribution in [-0.2, 0) is 12.8 Å². The van der Waals surface area contributed by atoms with Crippen molar-refractivity contribution in [3.8, 4) is 17.3 Å². The number of para-hydroxylation sites is 1. The standard InChI is InChI=1S/C27H22BrN3OS/c28-18-9-7-8-17(14-18)24-15-21(19-10-5-6-12-23(19)30-24)26(32)31-27-22(16-29)20-11-3-1-2-4-13-25(20)33-27/h5-10,12,14-15H,1-4,11,13H2,(H,31,32). The van der Waals surface area contributed by atoms with Crippen LogP contribution in [0, 0.1) is 11.3 Å². The van der Waals surface area contributed by atoms with Crippen LogP contribution in [0.3, 0.4) is 0 Å². The molecule has 0 aliphatic heterocycles. The molecule has 6 heteroatoms. The summed E-state index contributed by atoms with van der Waals surface area (Å²) in [6.45, 7) is 0. The second kappa shape index (κ2) is 9.46. The fourth-order valence-electron chi connectivity index (χ4n) is 4.46. The van der Waals surface area contributed by atoms with Crippen LogP contribution in [0.15, 0.2) is 59.1 Å². The van der Waals surface area contributed by atoms with E-state index in [1.165, 1.54) is 17.7 Å². The van der Waals surface area contributed by atoms with Gasteiger partial charge in [-0.15, -0.1) is 11.3 Å². The maximum absolute atomic E-state index is 13.5. The molecule has 1 N–H and O–H groups in total. The zero-order valence-corrected chi connectivity index (χ0v) is 20.4. The van der Waals surface area contributed by atoms with E-state index in [0.717, 1.165) is 57.9 Å². The van der Waals surface area contributed by atoms with Gasteiger partial charge in [-0.05, 0) is 55.5 Å². The molecule has 4 aromatic rings. The lowest BCUT2D eigenvalue weighted by Gasteiger charge is -2.11. The number of aromatic nitrogens is 1. The van der Waals surface area contributed by atoms with Crippen molar-refractivity contribution in [3.05, 3.63) is 80.6 Å². The molecule has 1 aliphatic rings. The molecular formula is C27H22BrN3OS. The summed E-state index contributed by atoms with van der Waals surface area (Å²) >= 11 is 5.08. The van der Waals surface area contributed by atoms with Gasteiger partial charge < -0.3 is 5.32 Å². The van der Waals surface area contributed by atoms with E-state index < -0.39 is 0 Å². The molecule has 5 rings (SSSR count). The van der Waals surface area contributed by atoms with Crippen LogP contribution in [0.5, 0.6) is 0 Å². The quantitative estimate of drug-likeness (QED) is 0.307. The first-order valence-corrected chi connectivity index (χ1v) is 12.8. The van der Waals surface area contributed by atoms with Gasteiger partial charge >= 0.3 is 0 Å². The van der Waals surface area contributed by atoms with Crippen LogP contribution in [0.2, 0.25) is 0 Å². The molecule has 0 fully saturated rings. The molecule has 0 saturated carbocycles. The molecule has 0 unspecified atom stereocenters. The Morgan fingerprint density at radius 1 is 1.03 bits per heavy atom. The summed E-state index contributed by atoms with van der Waals surface area (Å²) in [5, 5.41) is 14.4. The Labute approximate surface area is 205 Å². The van der Waals surface area contributed by atoms with Crippen LogP contribution in [0.4, 0.5) is 5.00 Å². The first-order valence-electron chi connectivity index (χ1n) is 11.2. The van der Waals surface area contributed by atoms with Crippen molar-refractivity contribution < 1.29 is 4.79 Å². The second-order valence-corrected chi connectivity index (χ2v) is 10.3. The Balaban J connectivity index is 1.57. The summed E-state index contributed by atoms with van der Waals surface area (Å²) in [7, 11) is 0. The number of nitriles is 1. The van der Waals surface area contributed by atoms with Gasteiger partial charge in [0.25, 0.3) is 5.91 Å². The summed E-state index contributed by atoms with van der Waals surface area (Å²) in [6.07, 6.45) is 6.55. The fourth-order valence-corrected chi connectivity index (χ4v) is 6.09. The minimum atomic E-state index is -0.212. The SMILES string of the molecule is N#Cc1c(NC(=O)c2cc(-c3cccc(Br)c3)nc3ccccc23)sc2c1CCCCCC2. The molecule has 2 aromatic carbocycles. The van der Waals surface area contributed by atoms with Gasteiger partial charge in [-0.1, -0.05) is 59.1 Å². The molecule has 0 radical (unpaired) electrons. The van der Waals surface area contributed by atoms with Crippen molar-refractivity contribution in [1.82, 2.24) is 4.98 Å². The highest BCUT2D eigenvalue weighted by Crippen LogP contribution is 2.37.